The van der Waals surface area contributed by atoms with Crippen LogP contribution in [0.15, 0.2) is 0 Å². The van der Waals surface area contributed by atoms with Gasteiger partial charge in [0.15, 0.2) is 0 Å². The van der Waals surface area contributed by atoms with Crippen LogP contribution >= 0.6 is 0 Å². The summed E-state index contributed by atoms with van der Waals surface area (Å²) in [6.07, 6.45) is 1.26. The zero-order valence-electron chi connectivity index (χ0n) is 14.6. The SMILES string of the molecule is CC(C)C1C2CC(C(=O)NS(=O)(=O)C(F)(F)F)C(C2)C1C(C)(C)C. The lowest BCUT2D eigenvalue weighted by molar-refractivity contribution is -0.127. The molecular formula is C16H26F3NO3S. The summed E-state index contributed by atoms with van der Waals surface area (Å²) in [7, 11) is -5.63. The van der Waals surface area contributed by atoms with Crippen molar-refractivity contribution >= 4 is 15.9 Å². The highest BCUT2D eigenvalue weighted by atomic mass is 32.2. The van der Waals surface area contributed by atoms with Gasteiger partial charge in [0.05, 0.1) is 0 Å². The lowest BCUT2D eigenvalue weighted by Crippen LogP contribution is -2.47. The minimum atomic E-state index is -5.63. The second kappa shape index (κ2) is 5.88. The number of sulfonamides is 1. The summed E-state index contributed by atoms with van der Waals surface area (Å²) in [5.74, 6) is -0.428. The van der Waals surface area contributed by atoms with E-state index in [0.29, 0.717) is 18.3 Å². The van der Waals surface area contributed by atoms with Gasteiger partial charge in [0.1, 0.15) is 0 Å². The van der Waals surface area contributed by atoms with E-state index < -0.39 is 27.4 Å². The first kappa shape index (κ1) is 19.5. The molecule has 5 atom stereocenters. The number of hydrogen-bond acceptors (Lipinski definition) is 3. The Bertz CT molecular complexity index is 607. The van der Waals surface area contributed by atoms with Crippen LogP contribution in [-0.4, -0.2) is 19.8 Å². The summed E-state index contributed by atoms with van der Waals surface area (Å²) < 4.78 is 61.2. The van der Waals surface area contributed by atoms with Gasteiger partial charge in [-0.05, 0) is 47.8 Å². The summed E-state index contributed by atoms with van der Waals surface area (Å²) in [4.78, 5) is 12.3. The molecule has 2 rings (SSSR count). The fraction of sp³-hybridized carbons (Fsp3) is 0.938. The molecule has 0 aromatic rings. The van der Waals surface area contributed by atoms with Crippen molar-refractivity contribution in [3.8, 4) is 0 Å². The van der Waals surface area contributed by atoms with Crippen molar-refractivity contribution in [1.29, 1.82) is 0 Å². The van der Waals surface area contributed by atoms with E-state index in [9.17, 15) is 26.4 Å². The average Bonchev–Trinajstić information content (AvgIpc) is 2.92. The maximum atomic E-state index is 12.5. The van der Waals surface area contributed by atoms with Crippen LogP contribution in [0.4, 0.5) is 13.2 Å². The van der Waals surface area contributed by atoms with E-state index >= 15 is 0 Å². The molecule has 8 heteroatoms. The maximum absolute atomic E-state index is 12.5. The van der Waals surface area contributed by atoms with Gasteiger partial charge in [0.2, 0.25) is 5.91 Å². The standard InChI is InChI=1S/C16H26F3NO3S/c1-8(2)12-9-6-10(13(12)15(3,4)5)11(7-9)14(21)20-24(22,23)16(17,18)19/h8-13H,6-7H2,1-5H3,(H,20,21). The zero-order valence-corrected chi connectivity index (χ0v) is 15.5. The Morgan fingerprint density at radius 2 is 1.67 bits per heavy atom. The van der Waals surface area contributed by atoms with Gasteiger partial charge in [0, 0.05) is 5.92 Å². The van der Waals surface area contributed by atoms with Gasteiger partial charge >= 0.3 is 15.5 Å². The van der Waals surface area contributed by atoms with Crippen LogP contribution in [-0.2, 0) is 14.8 Å². The van der Waals surface area contributed by atoms with E-state index in [1.807, 2.05) is 0 Å². The molecule has 4 nitrogen and oxygen atoms in total. The monoisotopic (exact) mass is 369 g/mol. The quantitative estimate of drug-likeness (QED) is 0.828. The van der Waals surface area contributed by atoms with Gasteiger partial charge in [0.25, 0.3) is 0 Å². The summed E-state index contributed by atoms with van der Waals surface area (Å²) in [5.41, 5.74) is -5.56. The molecule has 2 fully saturated rings. The number of rotatable bonds is 3. The van der Waals surface area contributed by atoms with Crippen LogP contribution in [0.25, 0.3) is 0 Å². The highest BCUT2D eigenvalue weighted by Crippen LogP contribution is 2.62. The largest absolute Gasteiger partial charge is 0.516 e. The van der Waals surface area contributed by atoms with Crippen molar-refractivity contribution in [2.75, 3.05) is 0 Å². The Morgan fingerprint density at radius 1 is 1.12 bits per heavy atom. The molecule has 24 heavy (non-hydrogen) atoms. The molecule has 0 saturated heterocycles. The molecule has 0 aliphatic heterocycles. The summed E-state index contributed by atoms with van der Waals surface area (Å²) >= 11 is 0. The van der Waals surface area contributed by atoms with E-state index in [-0.39, 0.29) is 23.2 Å². The van der Waals surface area contributed by atoms with E-state index in [4.69, 9.17) is 0 Å². The molecule has 0 radical (unpaired) electrons. The number of amides is 1. The molecule has 2 aliphatic rings. The van der Waals surface area contributed by atoms with Crippen molar-refractivity contribution in [2.45, 2.75) is 53.0 Å². The number of alkyl halides is 3. The molecule has 2 aliphatic carbocycles. The smallest absolute Gasteiger partial charge is 0.274 e. The molecule has 1 N–H and O–H groups in total. The van der Waals surface area contributed by atoms with Crippen LogP contribution in [0.5, 0.6) is 0 Å². The minimum Gasteiger partial charge on any atom is -0.274 e. The first-order chi connectivity index (χ1) is 10.7. The molecule has 0 aromatic carbocycles. The number of halogens is 3. The molecule has 1 amide bonds. The van der Waals surface area contributed by atoms with Crippen LogP contribution in [0, 0.1) is 40.9 Å². The summed E-state index contributed by atoms with van der Waals surface area (Å²) in [5, 5.41) is 0. The number of fused-ring (bicyclic) bond motifs is 2. The molecule has 2 bridgehead atoms. The van der Waals surface area contributed by atoms with Gasteiger partial charge in [-0.25, -0.2) is 4.72 Å². The second-order valence-electron chi connectivity index (χ2n) is 8.63. The molecule has 0 aromatic heterocycles. The maximum Gasteiger partial charge on any atom is 0.516 e. The minimum absolute atomic E-state index is 0.0640. The van der Waals surface area contributed by atoms with E-state index in [0.717, 1.165) is 6.42 Å². The number of carbonyl (C=O) groups is 1. The first-order valence-corrected chi connectivity index (χ1v) is 9.78. The Kier molecular flexibility index (Phi) is 4.79. The summed E-state index contributed by atoms with van der Waals surface area (Å²) in [6, 6.07) is 0. The van der Waals surface area contributed by atoms with Crippen molar-refractivity contribution in [3.63, 3.8) is 0 Å². The molecule has 2 saturated carbocycles. The Morgan fingerprint density at radius 3 is 2.08 bits per heavy atom. The molecule has 140 valence electrons. The van der Waals surface area contributed by atoms with Crippen molar-refractivity contribution in [1.82, 2.24) is 4.72 Å². The van der Waals surface area contributed by atoms with Crippen molar-refractivity contribution < 1.29 is 26.4 Å². The predicted octanol–water partition coefficient (Wildman–Crippen LogP) is 3.54. The van der Waals surface area contributed by atoms with Crippen molar-refractivity contribution in [3.05, 3.63) is 0 Å². The van der Waals surface area contributed by atoms with Crippen molar-refractivity contribution in [2.24, 2.45) is 40.9 Å². The van der Waals surface area contributed by atoms with Crippen LogP contribution in [0.3, 0.4) is 0 Å². The fourth-order valence-corrected chi connectivity index (χ4v) is 5.68. The topological polar surface area (TPSA) is 63.2 Å². The zero-order chi connectivity index (χ0) is 18.7. The van der Waals surface area contributed by atoms with Crippen LogP contribution < -0.4 is 4.72 Å². The summed E-state index contributed by atoms with van der Waals surface area (Å²) in [6.45, 7) is 10.5. The molecule has 0 spiro atoms. The Labute approximate surface area is 141 Å². The average molecular weight is 369 g/mol. The lowest BCUT2D eigenvalue weighted by Gasteiger charge is -2.44. The van der Waals surface area contributed by atoms with E-state index in [1.165, 1.54) is 4.72 Å². The number of nitrogens with one attached hydrogen (secondary N) is 1. The van der Waals surface area contributed by atoms with Gasteiger partial charge in [-0.3, -0.25) is 4.79 Å². The number of hydrogen-bond donors (Lipinski definition) is 1. The normalized spacial score (nSPS) is 34.0. The highest BCUT2D eigenvalue weighted by molar-refractivity contribution is 7.90. The molecule has 0 heterocycles. The molecule has 5 unspecified atom stereocenters. The van der Waals surface area contributed by atoms with Gasteiger partial charge in [-0.1, -0.05) is 34.6 Å². The van der Waals surface area contributed by atoms with E-state index in [2.05, 4.69) is 34.6 Å². The van der Waals surface area contributed by atoms with Gasteiger partial charge in [-0.15, -0.1) is 0 Å². The van der Waals surface area contributed by atoms with Gasteiger partial charge in [-0.2, -0.15) is 21.6 Å². The second-order valence-corrected chi connectivity index (χ2v) is 10.3. The predicted molar refractivity (Wildman–Crippen MR) is 84.1 cm³/mol. The molecular weight excluding hydrogens is 343 g/mol. The first-order valence-electron chi connectivity index (χ1n) is 8.29. The highest BCUT2D eigenvalue weighted by Gasteiger charge is 2.59. The Hall–Kier alpha value is -0.790. The third-order valence-corrected chi connectivity index (χ3v) is 6.79. The third-order valence-electron chi connectivity index (χ3n) is 5.71. The Balaban J connectivity index is 2.23. The van der Waals surface area contributed by atoms with Crippen LogP contribution in [0.1, 0.15) is 47.5 Å². The fourth-order valence-electron chi connectivity index (χ4n) is 5.15. The van der Waals surface area contributed by atoms with E-state index in [1.54, 1.807) is 0 Å². The van der Waals surface area contributed by atoms with Gasteiger partial charge < -0.3 is 0 Å². The van der Waals surface area contributed by atoms with Crippen LogP contribution in [0.2, 0.25) is 0 Å². The number of carbonyl (C=O) groups excluding carboxylic acids is 1. The lowest BCUT2D eigenvalue weighted by atomic mass is 9.60. The third kappa shape index (κ3) is 3.30.